The van der Waals surface area contributed by atoms with Crippen LogP contribution >= 0.6 is 0 Å². The summed E-state index contributed by atoms with van der Waals surface area (Å²) in [6.45, 7) is 0. The molecule has 2 unspecified atom stereocenters. The van der Waals surface area contributed by atoms with Crippen molar-refractivity contribution in [3.8, 4) is 0 Å². The zero-order valence-corrected chi connectivity index (χ0v) is 9.17. The molecule has 2 fully saturated rings. The van der Waals surface area contributed by atoms with Crippen molar-refractivity contribution in [3.05, 3.63) is 0 Å². The summed E-state index contributed by atoms with van der Waals surface area (Å²) in [5.41, 5.74) is 5.92. The van der Waals surface area contributed by atoms with E-state index in [9.17, 15) is 0 Å². The number of nitrogens with two attached hydrogens (primary N) is 1. The van der Waals surface area contributed by atoms with Gasteiger partial charge in [-0.3, -0.25) is 5.32 Å². The fraction of sp³-hybridized carbons (Fsp3) is 1.00. The molecule has 0 aromatic rings. The van der Waals surface area contributed by atoms with Crippen LogP contribution in [0.2, 0.25) is 0 Å². The maximum Gasteiger partial charge on any atom is 0.0548 e. The van der Waals surface area contributed by atoms with E-state index >= 15 is 0 Å². The minimum Gasteiger partial charge on any atom is -0.316 e. The van der Waals surface area contributed by atoms with Gasteiger partial charge in [0.05, 0.1) is 6.17 Å². The van der Waals surface area contributed by atoms with Gasteiger partial charge in [-0.1, -0.05) is 32.1 Å². The third kappa shape index (κ3) is 2.96. The van der Waals surface area contributed by atoms with Gasteiger partial charge in [0.15, 0.2) is 0 Å². The van der Waals surface area contributed by atoms with Gasteiger partial charge < -0.3 is 5.73 Å². The van der Waals surface area contributed by atoms with E-state index in [1.165, 1.54) is 57.8 Å². The second kappa shape index (κ2) is 5.13. The van der Waals surface area contributed by atoms with Crippen molar-refractivity contribution >= 4 is 0 Å². The molecule has 0 radical (unpaired) electrons. The lowest BCUT2D eigenvalue weighted by atomic mass is 9.83. The highest BCUT2D eigenvalue weighted by atomic mass is 15.1. The highest BCUT2D eigenvalue weighted by molar-refractivity contribution is 4.80. The van der Waals surface area contributed by atoms with E-state index in [1.54, 1.807) is 0 Å². The number of hydrogen-bond acceptors (Lipinski definition) is 2. The van der Waals surface area contributed by atoms with E-state index in [0.717, 1.165) is 12.0 Å². The van der Waals surface area contributed by atoms with Crippen LogP contribution in [0.3, 0.4) is 0 Å². The second-order valence-electron chi connectivity index (χ2n) is 5.14. The lowest BCUT2D eigenvalue weighted by Crippen LogP contribution is -2.48. The highest BCUT2D eigenvalue weighted by Gasteiger charge is 2.22. The quantitative estimate of drug-likeness (QED) is 0.711. The van der Waals surface area contributed by atoms with Gasteiger partial charge in [-0.15, -0.1) is 0 Å². The summed E-state index contributed by atoms with van der Waals surface area (Å²) < 4.78 is 0. The maximum atomic E-state index is 5.92. The average Bonchev–Trinajstić information content (AvgIpc) is 2.19. The van der Waals surface area contributed by atoms with Gasteiger partial charge in [0.2, 0.25) is 0 Å². The molecule has 2 aliphatic rings. The monoisotopic (exact) mass is 196 g/mol. The van der Waals surface area contributed by atoms with Crippen molar-refractivity contribution < 1.29 is 0 Å². The molecule has 0 aromatic heterocycles. The van der Waals surface area contributed by atoms with Gasteiger partial charge in [-0.25, -0.2) is 0 Å². The molecule has 0 spiro atoms. The minimum atomic E-state index is 0.275. The van der Waals surface area contributed by atoms with Gasteiger partial charge in [-0.2, -0.15) is 0 Å². The molecule has 1 saturated carbocycles. The van der Waals surface area contributed by atoms with Crippen LogP contribution < -0.4 is 11.1 Å². The first-order valence-electron chi connectivity index (χ1n) is 6.36. The molecule has 2 atom stereocenters. The van der Waals surface area contributed by atoms with Crippen LogP contribution in [0.5, 0.6) is 0 Å². The second-order valence-corrected chi connectivity index (χ2v) is 5.14. The Morgan fingerprint density at radius 2 is 1.71 bits per heavy atom. The summed E-state index contributed by atoms with van der Waals surface area (Å²) in [4.78, 5) is 0. The van der Waals surface area contributed by atoms with Gasteiger partial charge in [0.25, 0.3) is 0 Å². The predicted octanol–water partition coefficient (Wildman–Crippen LogP) is 2.38. The summed E-state index contributed by atoms with van der Waals surface area (Å²) in [6.07, 6.45) is 12.8. The third-order valence-electron chi connectivity index (χ3n) is 3.86. The van der Waals surface area contributed by atoms with E-state index in [4.69, 9.17) is 5.73 Å². The molecule has 2 nitrogen and oxygen atoms in total. The normalized spacial score (nSPS) is 35.8. The zero-order valence-electron chi connectivity index (χ0n) is 9.17. The van der Waals surface area contributed by atoms with Gasteiger partial charge in [-0.05, 0) is 31.6 Å². The molecule has 1 heterocycles. The van der Waals surface area contributed by atoms with Crippen LogP contribution in [0.4, 0.5) is 0 Å². The molecular formula is C12H24N2. The number of nitrogens with one attached hydrogen (secondary N) is 1. The zero-order chi connectivity index (χ0) is 9.80. The standard InChI is InChI=1S/C12H24N2/c13-12-8-4-7-11(14-12)9-10-5-2-1-3-6-10/h10-12,14H,1-9,13H2. The Balaban J connectivity index is 1.72. The molecule has 3 N–H and O–H groups in total. The summed E-state index contributed by atoms with van der Waals surface area (Å²) in [5.74, 6) is 0.992. The number of hydrogen-bond donors (Lipinski definition) is 2. The summed E-state index contributed by atoms with van der Waals surface area (Å²) in [6, 6.07) is 0.724. The van der Waals surface area contributed by atoms with Crippen molar-refractivity contribution in [2.45, 2.75) is 70.0 Å². The van der Waals surface area contributed by atoms with E-state index in [1.807, 2.05) is 0 Å². The Kier molecular flexibility index (Phi) is 3.82. The van der Waals surface area contributed by atoms with Crippen molar-refractivity contribution in [1.29, 1.82) is 0 Å². The predicted molar refractivity (Wildman–Crippen MR) is 59.9 cm³/mol. The fourth-order valence-corrected chi connectivity index (χ4v) is 3.06. The average molecular weight is 196 g/mol. The van der Waals surface area contributed by atoms with Gasteiger partial charge in [0, 0.05) is 6.04 Å². The Bertz CT molecular complexity index is 164. The van der Waals surface area contributed by atoms with Crippen LogP contribution in [-0.2, 0) is 0 Å². The topological polar surface area (TPSA) is 38.0 Å². The van der Waals surface area contributed by atoms with Crippen LogP contribution in [0.25, 0.3) is 0 Å². The van der Waals surface area contributed by atoms with Gasteiger partial charge in [0.1, 0.15) is 0 Å². The van der Waals surface area contributed by atoms with Crippen molar-refractivity contribution in [2.75, 3.05) is 0 Å². The van der Waals surface area contributed by atoms with Gasteiger partial charge >= 0.3 is 0 Å². The first kappa shape index (κ1) is 10.4. The van der Waals surface area contributed by atoms with Crippen molar-refractivity contribution in [3.63, 3.8) is 0 Å². The van der Waals surface area contributed by atoms with Crippen LogP contribution in [0, 0.1) is 5.92 Å². The molecule has 14 heavy (non-hydrogen) atoms. The third-order valence-corrected chi connectivity index (χ3v) is 3.86. The highest BCUT2D eigenvalue weighted by Crippen LogP contribution is 2.29. The Labute approximate surface area is 87.6 Å². The first-order valence-corrected chi connectivity index (χ1v) is 6.36. The van der Waals surface area contributed by atoms with E-state index in [-0.39, 0.29) is 6.17 Å². The molecule has 2 heteroatoms. The fourth-order valence-electron chi connectivity index (χ4n) is 3.06. The van der Waals surface area contributed by atoms with Crippen LogP contribution in [0.1, 0.15) is 57.8 Å². The lowest BCUT2D eigenvalue weighted by Gasteiger charge is -2.32. The molecular weight excluding hydrogens is 172 g/mol. The molecule has 1 saturated heterocycles. The molecule has 0 amide bonds. The Hall–Kier alpha value is -0.0800. The van der Waals surface area contributed by atoms with Crippen molar-refractivity contribution in [2.24, 2.45) is 11.7 Å². The summed E-state index contributed by atoms with van der Waals surface area (Å²) in [7, 11) is 0. The first-order chi connectivity index (χ1) is 6.84. The molecule has 0 bridgehead atoms. The molecule has 2 rings (SSSR count). The molecule has 0 aromatic carbocycles. The molecule has 1 aliphatic carbocycles. The summed E-state index contributed by atoms with van der Waals surface area (Å²) in [5, 5.41) is 3.54. The lowest BCUT2D eigenvalue weighted by molar-refractivity contribution is 0.246. The Morgan fingerprint density at radius 1 is 0.929 bits per heavy atom. The van der Waals surface area contributed by atoms with Crippen molar-refractivity contribution in [1.82, 2.24) is 5.32 Å². The Morgan fingerprint density at radius 3 is 2.43 bits per heavy atom. The molecule has 1 aliphatic heterocycles. The SMILES string of the molecule is NC1CCCC(CC2CCCCC2)N1. The number of piperidine rings is 1. The van der Waals surface area contributed by atoms with E-state index in [2.05, 4.69) is 5.32 Å². The summed E-state index contributed by atoms with van der Waals surface area (Å²) >= 11 is 0. The van der Waals surface area contributed by atoms with Crippen LogP contribution in [-0.4, -0.2) is 12.2 Å². The smallest absolute Gasteiger partial charge is 0.0548 e. The molecule has 82 valence electrons. The number of rotatable bonds is 2. The van der Waals surface area contributed by atoms with E-state index in [0.29, 0.717) is 0 Å². The largest absolute Gasteiger partial charge is 0.316 e. The van der Waals surface area contributed by atoms with E-state index < -0.39 is 0 Å². The minimum absolute atomic E-state index is 0.275. The maximum absolute atomic E-state index is 5.92. The van der Waals surface area contributed by atoms with Crippen LogP contribution in [0.15, 0.2) is 0 Å².